The summed E-state index contributed by atoms with van der Waals surface area (Å²) >= 11 is 1.38. The predicted molar refractivity (Wildman–Crippen MR) is 137 cm³/mol. The summed E-state index contributed by atoms with van der Waals surface area (Å²) in [7, 11) is 0.185. The summed E-state index contributed by atoms with van der Waals surface area (Å²) in [5.41, 5.74) is 6.37. The predicted octanol–water partition coefficient (Wildman–Crippen LogP) is 4.06. The van der Waals surface area contributed by atoms with Gasteiger partial charge in [-0.1, -0.05) is 48.5 Å². The molecule has 3 aromatic heterocycles. The zero-order valence-electron chi connectivity index (χ0n) is 20.4. The molecule has 0 bridgehead atoms. The number of carbonyl (C=O) groups is 1. The average molecular weight is 527 g/mol. The van der Waals surface area contributed by atoms with Gasteiger partial charge in [-0.25, -0.2) is 14.6 Å². The second-order valence-electron chi connectivity index (χ2n) is 9.18. The minimum absolute atomic E-state index is 0.0521. The van der Waals surface area contributed by atoms with E-state index >= 15 is 0 Å². The van der Waals surface area contributed by atoms with Crippen molar-refractivity contribution in [2.24, 2.45) is 7.05 Å². The minimum atomic E-state index is -3.50. The van der Waals surface area contributed by atoms with Gasteiger partial charge < -0.3 is 5.32 Å². The molecule has 0 saturated heterocycles. The molecule has 1 amide bonds. The molecule has 4 rings (SSSR count). The fourth-order valence-electron chi connectivity index (χ4n) is 3.09. The Bertz CT molecular complexity index is 1490. The van der Waals surface area contributed by atoms with Crippen molar-refractivity contribution in [1.29, 1.82) is 0 Å². The van der Waals surface area contributed by atoms with E-state index in [1.54, 1.807) is 23.9 Å². The Morgan fingerprint density at radius 1 is 1.19 bits per heavy atom. The third kappa shape index (κ3) is 5.95. The Labute approximate surface area is 211 Å². The number of tetrazole rings is 1. The maximum absolute atomic E-state index is 13.2. The second-order valence-corrected chi connectivity index (χ2v) is 14.9. The van der Waals surface area contributed by atoms with Crippen LogP contribution in [0.15, 0.2) is 41.6 Å². The Balaban J connectivity index is 1.67. The van der Waals surface area contributed by atoms with Crippen LogP contribution in [0.1, 0.15) is 18.2 Å². The van der Waals surface area contributed by atoms with Crippen LogP contribution >= 0.6 is 11.8 Å². The molecule has 1 N–H and O–H groups in total. The minimum Gasteiger partial charge on any atom is -0.305 e. The summed E-state index contributed by atoms with van der Waals surface area (Å²) < 4.78 is 29.9. The number of thioether (sulfide) groups is 1. The monoisotopic (exact) mass is 526 g/mol. The fraction of sp³-hybridized carbons (Fsp3) is 0.304. The lowest BCUT2D eigenvalue weighted by Crippen LogP contribution is -2.31. The number of amides is 1. The lowest BCUT2D eigenvalue weighted by molar-refractivity contribution is -0.137. The van der Waals surface area contributed by atoms with Crippen LogP contribution in [0.2, 0.25) is 19.6 Å². The van der Waals surface area contributed by atoms with E-state index in [0.717, 1.165) is 16.6 Å². The SMILES string of the molecule is Cn1nnnc1-n1c(SCc2cccc(NC(=O)C(C)(F)F)n2)nc2ccc(C#C[Si](C)(C)C)cc21. The Kier molecular flexibility index (Phi) is 6.92. The van der Waals surface area contributed by atoms with Gasteiger partial charge in [0.05, 0.1) is 16.7 Å². The van der Waals surface area contributed by atoms with Gasteiger partial charge >= 0.3 is 5.92 Å². The number of rotatable bonds is 6. The van der Waals surface area contributed by atoms with Crippen molar-refractivity contribution in [1.82, 2.24) is 34.7 Å². The summed E-state index contributed by atoms with van der Waals surface area (Å²) in [6.07, 6.45) is 0. The molecule has 0 aliphatic heterocycles. The summed E-state index contributed by atoms with van der Waals surface area (Å²) in [6, 6.07) is 10.7. The Hall–Kier alpha value is -3.63. The lowest BCUT2D eigenvalue weighted by Gasteiger charge is -2.11. The Morgan fingerprint density at radius 3 is 2.64 bits per heavy atom. The fourth-order valence-corrected chi connectivity index (χ4v) is 4.52. The molecule has 36 heavy (non-hydrogen) atoms. The number of hydrogen-bond acceptors (Lipinski definition) is 7. The number of anilines is 1. The number of nitrogens with one attached hydrogen (secondary N) is 1. The first-order chi connectivity index (χ1) is 16.9. The maximum Gasteiger partial charge on any atom is 0.322 e. The highest BCUT2D eigenvalue weighted by molar-refractivity contribution is 7.98. The highest BCUT2D eigenvalue weighted by Gasteiger charge is 2.32. The van der Waals surface area contributed by atoms with Crippen molar-refractivity contribution >= 4 is 42.6 Å². The molecule has 0 unspecified atom stereocenters. The lowest BCUT2D eigenvalue weighted by atomic mass is 10.2. The van der Waals surface area contributed by atoms with E-state index in [1.165, 1.54) is 17.8 Å². The highest BCUT2D eigenvalue weighted by Crippen LogP contribution is 2.29. The highest BCUT2D eigenvalue weighted by atomic mass is 32.2. The van der Waals surface area contributed by atoms with Gasteiger partial charge in [0, 0.05) is 25.3 Å². The standard InChI is InChI=1S/C23H24F2N8OSSi/c1-23(24,25)20(34)28-19-8-6-7-16(26-19)14-35-22-27-17-10-9-15(11-12-36(3,4)5)13-18(17)33(22)21-29-30-31-32(21)2/h6-10,13H,14H2,1-5H3,(H,26,28,34). The zero-order valence-corrected chi connectivity index (χ0v) is 22.2. The van der Waals surface area contributed by atoms with Gasteiger partial charge in [0.25, 0.3) is 11.9 Å². The number of carbonyl (C=O) groups excluding carboxylic acids is 1. The molecule has 4 aromatic rings. The molecule has 0 radical (unpaired) electrons. The van der Waals surface area contributed by atoms with Crippen molar-refractivity contribution in [3.8, 4) is 17.4 Å². The summed E-state index contributed by atoms with van der Waals surface area (Å²) in [5, 5.41) is 14.6. The van der Waals surface area contributed by atoms with E-state index in [1.807, 2.05) is 22.8 Å². The number of hydrogen-bond donors (Lipinski definition) is 1. The van der Waals surface area contributed by atoms with Crippen LogP contribution in [0, 0.1) is 11.5 Å². The third-order valence-electron chi connectivity index (χ3n) is 4.80. The number of nitrogens with zero attached hydrogens (tertiary/aromatic N) is 7. The molecule has 0 aliphatic carbocycles. The van der Waals surface area contributed by atoms with Gasteiger partial charge in [0.15, 0.2) is 5.16 Å². The van der Waals surface area contributed by atoms with Gasteiger partial charge in [-0.3, -0.25) is 9.36 Å². The molecule has 3 heterocycles. The average Bonchev–Trinajstić information content (AvgIpc) is 3.37. The number of benzene rings is 1. The molecule has 1 aromatic carbocycles. The Morgan fingerprint density at radius 2 is 1.97 bits per heavy atom. The summed E-state index contributed by atoms with van der Waals surface area (Å²) in [6.45, 7) is 7.09. The first kappa shape index (κ1) is 25.5. The van der Waals surface area contributed by atoms with Crippen LogP contribution in [-0.2, 0) is 17.6 Å². The van der Waals surface area contributed by atoms with Crippen LogP contribution in [0.5, 0.6) is 0 Å². The quantitative estimate of drug-likeness (QED) is 0.230. The number of fused-ring (bicyclic) bond motifs is 1. The molecule has 13 heteroatoms. The maximum atomic E-state index is 13.2. The molecular formula is C23H24F2N8OSSi. The molecule has 0 saturated carbocycles. The second kappa shape index (κ2) is 9.79. The first-order valence-electron chi connectivity index (χ1n) is 11.0. The number of alkyl halides is 2. The van der Waals surface area contributed by atoms with Crippen molar-refractivity contribution in [2.45, 2.75) is 43.4 Å². The van der Waals surface area contributed by atoms with E-state index in [0.29, 0.717) is 29.5 Å². The van der Waals surface area contributed by atoms with Crippen molar-refractivity contribution in [2.75, 3.05) is 5.32 Å². The molecule has 0 spiro atoms. The number of halogens is 2. The van der Waals surface area contributed by atoms with Crippen molar-refractivity contribution in [3.63, 3.8) is 0 Å². The molecule has 0 aliphatic rings. The van der Waals surface area contributed by atoms with E-state index in [-0.39, 0.29) is 5.82 Å². The molecule has 186 valence electrons. The molecule has 0 fully saturated rings. The molecular weight excluding hydrogens is 502 g/mol. The molecule has 0 atom stereocenters. The van der Waals surface area contributed by atoms with E-state index in [2.05, 4.69) is 56.9 Å². The van der Waals surface area contributed by atoms with Crippen LogP contribution < -0.4 is 5.32 Å². The number of pyridine rings is 1. The van der Waals surface area contributed by atoms with Crippen LogP contribution in [0.3, 0.4) is 0 Å². The van der Waals surface area contributed by atoms with Crippen LogP contribution in [0.25, 0.3) is 17.0 Å². The zero-order chi connectivity index (χ0) is 26.1. The smallest absolute Gasteiger partial charge is 0.305 e. The summed E-state index contributed by atoms with van der Waals surface area (Å²) in [5.74, 6) is -0.745. The van der Waals surface area contributed by atoms with Crippen molar-refractivity contribution < 1.29 is 13.6 Å². The van der Waals surface area contributed by atoms with Gasteiger partial charge in [0.2, 0.25) is 0 Å². The third-order valence-corrected chi connectivity index (χ3v) is 6.65. The number of aryl methyl sites for hydroxylation is 1. The largest absolute Gasteiger partial charge is 0.322 e. The summed E-state index contributed by atoms with van der Waals surface area (Å²) in [4.78, 5) is 20.7. The van der Waals surface area contributed by atoms with E-state index < -0.39 is 19.9 Å². The van der Waals surface area contributed by atoms with Gasteiger partial charge in [-0.05, 0) is 40.8 Å². The van der Waals surface area contributed by atoms with Gasteiger partial charge in [-0.15, -0.1) is 5.54 Å². The van der Waals surface area contributed by atoms with Crippen molar-refractivity contribution in [3.05, 3.63) is 47.7 Å². The first-order valence-corrected chi connectivity index (χ1v) is 15.5. The normalized spacial score (nSPS) is 11.9. The van der Waals surface area contributed by atoms with Gasteiger partial charge in [-0.2, -0.15) is 8.78 Å². The van der Waals surface area contributed by atoms with E-state index in [9.17, 15) is 13.6 Å². The molecule has 9 nitrogen and oxygen atoms in total. The topological polar surface area (TPSA) is 103 Å². The van der Waals surface area contributed by atoms with Crippen LogP contribution in [-0.4, -0.2) is 54.6 Å². The number of imidazole rings is 1. The van der Waals surface area contributed by atoms with Gasteiger partial charge in [0.1, 0.15) is 13.9 Å². The number of aromatic nitrogens is 7. The van der Waals surface area contributed by atoms with Crippen LogP contribution in [0.4, 0.5) is 14.6 Å². The van der Waals surface area contributed by atoms with E-state index in [4.69, 9.17) is 4.98 Å².